The highest BCUT2D eigenvalue weighted by atomic mass is 32.2. The smallest absolute Gasteiger partial charge is 0.263 e. The molecule has 8 nitrogen and oxygen atoms in total. The molecule has 0 atom stereocenters. The van der Waals surface area contributed by atoms with E-state index in [4.69, 9.17) is 4.74 Å². The third kappa shape index (κ3) is 4.73. The second-order valence-corrected chi connectivity index (χ2v) is 9.06. The van der Waals surface area contributed by atoms with Gasteiger partial charge in [0.1, 0.15) is 11.5 Å². The molecular weight excluding hydrogens is 474 g/mol. The lowest BCUT2D eigenvalue weighted by Crippen LogP contribution is -2.22. The zero-order valence-electron chi connectivity index (χ0n) is 19.5. The summed E-state index contributed by atoms with van der Waals surface area (Å²) >= 11 is 1.25. The maximum Gasteiger partial charge on any atom is 0.263 e. The van der Waals surface area contributed by atoms with E-state index in [9.17, 15) is 9.59 Å². The number of rotatable bonds is 8. The molecule has 0 aliphatic heterocycles. The van der Waals surface area contributed by atoms with Crippen LogP contribution in [0.4, 0.5) is 5.69 Å². The van der Waals surface area contributed by atoms with Crippen molar-refractivity contribution in [1.29, 1.82) is 0 Å². The molecule has 0 saturated heterocycles. The fourth-order valence-corrected chi connectivity index (χ4v) is 4.61. The lowest BCUT2D eigenvalue weighted by atomic mass is 10.2. The highest BCUT2D eigenvalue weighted by Gasteiger charge is 2.17. The molecule has 0 radical (unpaired) electrons. The molecule has 0 spiro atoms. The van der Waals surface area contributed by atoms with Crippen LogP contribution in [0, 0.1) is 6.92 Å². The number of para-hydroxylation sites is 1. The summed E-state index contributed by atoms with van der Waals surface area (Å²) in [5.74, 6) is 1.78. The number of hydrogen-bond acceptors (Lipinski definition) is 6. The fraction of sp³-hybridized carbons (Fsp3) is 0.111. The average Bonchev–Trinajstić information content (AvgIpc) is 3.30. The molecule has 2 heterocycles. The number of nitrogens with zero attached hydrogens (tertiary/aromatic N) is 4. The van der Waals surface area contributed by atoms with Gasteiger partial charge in [-0.15, -0.1) is 16.8 Å². The zero-order valence-corrected chi connectivity index (χ0v) is 20.4. The van der Waals surface area contributed by atoms with E-state index in [1.54, 1.807) is 28.7 Å². The Kier molecular flexibility index (Phi) is 6.55. The quantitative estimate of drug-likeness (QED) is 0.238. The Morgan fingerprint density at radius 3 is 2.64 bits per heavy atom. The molecule has 0 aliphatic rings. The number of amides is 1. The number of aromatic nitrogens is 4. The molecule has 0 saturated carbocycles. The summed E-state index contributed by atoms with van der Waals surface area (Å²) in [4.78, 5) is 25.6. The predicted octanol–water partition coefficient (Wildman–Crippen LogP) is 5.06. The minimum Gasteiger partial charge on any atom is -0.457 e. The number of nitrogens with one attached hydrogen (secondary N) is 1. The second kappa shape index (κ2) is 10.1. The number of ether oxygens (including phenoxy) is 1. The number of thioether (sulfide) groups is 1. The highest BCUT2D eigenvalue weighted by Crippen LogP contribution is 2.25. The number of fused-ring (bicyclic) bond motifs is 3. The summed E-state index contributed by atoms with van der Waals surface area (Å²) in [5.41, 5.74) is 2.31. The Labute approximate surface area is 211 Å². The number of hydrogen-bond donors (Lipinski definition) is 1. The van der Waals surface area contributed by atoms with E-state index in [2.05, 4.69) is 22.1 Å². The van der Waals surface area contributed by atoms with Crippen LogP contribution in [0.3, 0.4) is 0 Å². The Hall–Kier alpha value is -4.37. The Morgan fingerprint density at radius 1 is 1.06 bits per heavy atom. The molecule has 5 aromatic rings. The number of allylic oxidation sites excluding steroid dienone is 1. The van der Waals surface area contributed by atoms with Crippen molar-refractivity contribution in [3.05, 3.63) is 101 Å². The maximum absolute atomic E-state index is 12.9. The average molecular weight is 498 g/mol. The highest BCUT2D eigenvalue weighted by molar-refractivity contribution is 7.99. The van der Waals surface area contributed by atoms with Crippen LogP contribution in [0.5, 0.6) is 11.5 Å². The molecule has 9 heteroatoms. The summed E-state index contributed by atoms with van der Waals surface area (Å²) in [6.45, 7) is 6.05. The van der Waals surface area contributed by atoms with Crippen LogP contribution in [-0.2, 0) is 11.3 Å². The SMILES string of the molecule is C=CCn1c(=O)c2ccccc2n2c(SCC(=O)Nc3ccc(Oc4cccc(C)c4)cc3)nnc12. The van der Waals surface area contributed by atoms with Crippen LogP contribution in [-0.4, -0.2) is 30.8 Å². The third-order valence-electron chi connectivity index (χ3n) is 5.49. The lowest BCUT2D eigenvalue weighted by Gasteiger charge is -2.10. The molecule has 1 N–H and O–H groups in total. The van der Waals surface area contributed by atoms with Crippen molar-refractivity contribution >= 4 is 40.0 Å². The van der Waals surface area contributed by atoms with Gasteiger partial charge in [-0.2, -0.15) is 0 Å². The Morgan fingerprint density at radius 2 is 1.86 bits per heavy atom. The van der Waals surface area contributed by atoms with Crippen molar-refractivity contribution in [3.8, 4) is 11.5 Å². The number of anilines is 1. The lowest BCUT2D eigenvalue weighted by molar-refractivity contribution is -0.113. The van der Waals surface area contributed by atoms with Crippen LogP contribution in [0.1, 0.15) is 5.56 Å². The first-order valence-electron chi connectivity index (χ1n) is 11.3. The van der Waals surface area contributed by atoms with Crippen molar-refractivity contribution in [3.63, 3.8) is 0 Å². The summed E-state index contributed by atoms with van der Waals surface area (Å²) < 4.78 is 9.18. The largest absolute Gasteiger partial charge is 0.457 e. The normalized spacial score (nSPS) is 11.0. The maximum atomic E-state index is 12.9. The molecule has 2 aromatic heterocycles. The summed E-state index contributed by atoms with van der Waals surface area (Å²) in [6.07, 6.45) is 1.64. The molecule has 5 rings (SSSR count). The van der Waals surface area contributed by atoms with Gasteiger partial charge in [-0.1, -0.05) is 42.1 Å². The number of carbonyl (C=O) groups excluding carboxylic acids is 1. The van der Waals surface area contributed by atoms with Gasteiger partial charge in [-0.3, -0.25) is 18.6 Å². The molecular formula is C27H23N5O3S. The molecule has 180 valence electrons. The van der Waals surface area contributed by atoms with Gasteiger partial charge in [0, 0.05) is 12.2 Å². The monoisotopic (exact) mass is 497 g/mol. The minimum atomic E-state index is -0.187. The summed E-state index contributed by atoms with van der Waals surface area (Å²) in [5, 5.41) is 12.4. The van der Waals surface area contributed by atoms with E-state index in [0.717, 1.165) is 11.3 Å². The summed E-state index contributed by atoms with van der Waals surface area (Å²) in [6, 6.07) is 22.3. The predicted molar refractivity (Wildman–Crippen MR) is 142 cm³/mol. The first-order chi connectivity index (χ1) is 17.5. The standard InChI is InChI=1S/C27H23N5O3S/c1-3-15-31-25(34)22-9-4-5-10-23(22)32-26(31)29-30-27(32)36-17-24(33)28-19-11-13-20(14-12-19)35-21-8-6-7-18(2)16-21/h3-14,16H,1,15,17H2,2H3,(H,28,33). The number of benzene rings is 3. The Balaban J connectivity index is 1.30. The summed E-state index contributed by atoms with van der Waals surface area (Å²) in [7, 11) is 0. The van der Waals surface area contributed by atoms with Gasteiger partial charge in [0.05, 0.1) is 16.7 Å². The van der Waals surface area contributed by atoms with E-state index in [0.29, 0.717) is 39.8 Å². The first-order valence-corrected chi connectivity index (χ1v) is 12.3. The second-order valence-electron chi connectivity index (χ2n) is 8.12. The van der Waals surface area contributed by atoms with E-state index in [1.807, 2.05) is 61.5 Å². The van der Waals surface area contributed by atoms with Gasteiger partial charge in [-0.05, 0) is 61.0 Å². The van der Waals surface area contributed by atoms with E-state index in [1.165, 1.54) is 16.3 Å². The van der Waals surface area contributed by atoms with Gasteiger partial charge >= 0.3 is 0 Å². The van der Waals surface area contributed by atoms with Gasteiger partial charge in [0.15, 0.2) is 5.16 Å². The Bertz CT molecular complexity index is 1640. The van der Waals surface area contributed by atoms with Gasteiger partial charge in [-0.25, -0.2) is 0 Å². The molecule has 0 fully saturated rings. The van der Waals surface area contributed by atoms with Crippen LogP contribution in [0.25, 0.3) is 16.7 Å². The molecule has 0 unspecified atom stereocenters. The zero-order chi connectivity index (χ0) is 25.1. The molecule has 3 aromatic carbocycles. The van der Waals surface area contributed by atoms with Gasteiger partial charge in [0.2, 0.25) is 11.7 Å². The first kappa shape index (κ1) is 23.4. The van der Waals surface area contributed by atoms with E-state index >= 15 is 0 Å². The van der Waals surface area contributed by atoms with Crippen LogP contribution in [0.2, 0.25) is 0 Å². The molecule has 0 bridgehead atoms. The third-order valence-corrected chi connectivity index (χ3v) is 6.41. The van der Waals surface area contributed by atoms with Crippen molar-refractivity contribution < 1.29 is 9.53 Å². The van der Waals surface area contributed by atoms with Gasteiger partial charge in [0.25, 0.3) is 5.56 Å². The van der Waals surface area contributed by atoms with E-state index < -0.39 is 0 Å². The van der Waals surface area contributed by atoms with Crippen molar-refractivity contribution in [2.75, 3.05) is 11.1 Å². The van der Waals surface area contributed by atoms with Crippen molar-refractivity contribution in [1.82, 2.24) is 19.2 Å². The molecule has 0 aliphatic carbocycles. The van der Waals surface area contributed by atoms with Crippen molar-refractivity contribution in [2.45, 2.75) is 18.6 Å². The van der Waals surface area contributed by atoms with Crippen molar-refractivity contribution in [2.24, 2.45) is 0 Å². The number of carbonyl (C=O) groups is 1. The minimum absolute atomic E-state index is 0.122. The number of aryl methyl sites for hydroxylation is 1. The van der Waals surface area contributed by atoms with E-state index in [-0.39, 0.29) is 17.2 Å². The van der Waals surface area contributed by atoms with Crippen LogP contribution < -0.4 is 15.6 Å². The molecule has 1 amide bonds. The fourth-order valence-electron chi connectivity index (χ4n) is 3.87. The molecule has 36 heavy (non-hydrogen) atoms. The van der Waals surface area contributed by atoms with Gasteiger partial charge < -0.3 is 10.1 Å². The topological polar surface area (TPSA) is 90.5 Å². The van der Waals surface area contributed by atoms with Crippen LogP contribution in [0.15, 0.2) is 95.4 Å². The van der Waals surface area contributed by atoms with Crippen LogP contribution >= 0.6 is 11.8 Å².